The van der Waals surface area contributed by atoms with Gasteiger partial charge in [-0.2, -0.15) is 5.26 Å². The fraction of sp³-hybridized carbons (Fsp3) is 0.273. The Morgan fingerprint density at radius 1 is 1.04 bits per heavy atom. The predicted molar refractivity (Wildman–Crippen MR) is 105 cm³/mol. The summed E-state index contributed by atoms with van der Waals surface area (Å²) >= 11 is 0. The maximum atomic E-state index is 13.1. The number of carbonyl (C=O) groups excluding carboxylic acids is 1. The van der Waals surface area contributed by atoms with Crippen LogP contribution in [0.2, 0.25) is 0 Å². The van der Waals surface area contributed by atoms with E-state index in [1.165, 1.54) is 0 Å². The average Bonchev–Trinajstić information content (AvgIpc) is 2.68. The summed E-state index contributed by atoms with van der Waals surface area (Å²) in [5, 5.41) is 8.93. The van der Waals surface area contributed by atoms with Gasteiger partial charge in [-0.15, -0.1) is 0 Å². The van der Waals surface area contributed by atoms with Crippen LogP contribution in [0.15, 0.2) is 42.5 Å². The Balaban J connectivity index is 1.88. The molecule has 0 fully saturated rings. The molecule has 3 aromatic rings. The van der Waals surface area contributed by atoms with Crippen LogP contribution in [0.3, 0.4) is 0 Å². The second-order valence-corrected chi connectivity index (χ2v) is 6.63. The van der Waals surface area contributed by atoms with Crippen LogP contribution in [0.5, 0.6) is 0 Å². The number of aromatic nitrogens is 2. The van der Waals surface area contributed by atoms with Crippen LogP contribution in [0, 0.1) is 25.2 Å². The van der Waals surface area contributed by atoms with Gasteiger partial charge < -0.3 is 4.90 Å². The molecule has 2 aromatic carbocycles. The van der Waals surface area contributed by atoms with Gasteiger partial charge in [-0.1, -0.05) is 19.1 Å². The summed E-state index contributed by atoms with van der Waals surface area (Å²) in [7, 11) is 0. The van der Waals surface area contributed by atoms with Gasteiger partial charge in [-0.25, -0.2) is 9.97 Å². The highest BCUT2D eigenvalue weighted by Gasteiger charge is 2.16. The van der Waals surface area contributed by atoms with Gasteiger partial charge in [-0.3, -0.25) is 4.79 Å². The number of nitriles is 1. The number of amides is 1. The van der Waals surface area contributed by atoms with Gasteiger partial charge in [0.25, 0.3) is 5.91 Å². The summed E-state index contributed by atoms with van der Waals surface area (Å²) < 4.78 is 0. The Morgan fingerprint density at radius 3 is 2.33 bits per heavy atom. The van der Waals surface area contributed by atoms with E-state index >= 15 is 0 Å². The minimum Gasteiger partial charge on any atom is -0.334 e. The molecule has 5 nitrogen and oxygen atoms in total. The predicted octanol–water partition coefficient (Wildman–Crippen LogP) is 4.17. The first-order valence-electron chi connectivity index (χ1n) is 9.05. The highest BCUT2D eigenvalue weighted by atomic mass is 16.2. The molecular formula is C22H22N4O. The Kier molecular flexibility index (Phi) is 5.46. The Labute approximate surface area is 159 Å². The first-order valence-corrected chi connectivity index (χ1v) is 9.05. The lowest BCUT2D eigenvalue weighted by atomic mass is 10.1. The average molecular weight is 358 g/mol. The van der Waals surface area contributed by atoms with E-state index in [9.17, 15) is 4.79 Å². The van der Waals surface area contributed by atoms with Gasteiger partial charge in [0.2, 0.25) is 0 Å². The standard InChI is InChI=1S/C22H22N4O/c1-4-11-26(14-18-7-5-17(13-23)6-8-18)22(27)19-9-10-20-21(12-19)25-16(3)15(2)24-20/h5-10,12H,4,11,14H2,1-3H3. The minimum absolute atomic E-state index is 0.0249. The van der Waals surface area contributed by atoms with E-state index < -0.39 is 0 Å². The third-order valence-electron chi connectivity index (χ3n) is 4.56. The molecule has 136 valence electrons. The van der Waals surface area contributed by atoms with Crippen LogP contribution in [0.1, 0.15) is 46.2 Å². The molecule has 1 aromatic heterocycles. The van der Waals surface area contributed by atoms with E-state index in [0.717, 1.165) is 34.4 Å². The molecule has 0 unspecified atom stereocenters. The van der Waals surface area contributed by atoms with Crippen molar-refractivity contribution < 1.29 is 4.79 Å². The van der Waals surface area contributed by atoms with Crippen molar-refractivity contribution in [2.24, 2.45) is 0 Å². The second-order valence-electron chi connectivity index (χ2n) is 6.63. The van der Waals surface area contributed by atoms with Crippen molar-refractivity contribution in [3.8, 4) is 6.07 Å². The zero-order valence-corrected chi connectivity index (χ0v) is 15.9. The van der Waals surface area contributed by atoms with Crippen LogP contribution in [0.25, 0.3) is 11.0 Å². The van der Waals surface area contributed by atoms with Crippen molar-refractivity contribution in [3.05, 3.63) is 70.5 Å². The topological polar surface area (TPSA) is 69.9 Å². The molecule has 27 heavy (non-hydrogen) atoms. The quantitative estimate of drug-likeness (QED) is 0.686. The summed E-state index contributed by atoms with van der Waals surface area (Å²) in [5.41, 5.74) is 5.53. The fourth-order valence-electron chi connectivity index (χ4n) is 2.97. The van der Waals surface area contributed by atoms with Crippen molar-refractivity contribution in [2.75, 3.05) is 6.54 Å². The zero-order chi connectivity index (χ0) is 19.4. The highest BCUT2D eigenvalue weighted by molar-refractivity contribution is 5.97. The molecule has 0 saturated heterocycles. The molecule has 1 amide bonds. The van der Waals surface area contributed by atoms with E-state index in [-0.39, 0.29) is 5.91 Å². The molecule has 0 spiro atoms. The number of benzene rings is 2. The number of fused-ring (bicyclic) bond motifs is 1. The SMILES string of the molecule is CCCN(Cc1ccc(C#N)cc1)C(=O)c1ccc2nc(C)c(C)nc2c1. The second kappa shape index (κ2) is 7.96. The molecule has 0 aliphatic carbocycles. The third kappa shape index (κ3) is 4.12. The molecule has 0 aliphatic heterocycles. The third-order valence-corrected chi connectivity index (χ3v) is 4.56. The summed E-state index contributed by atoms with van der Waals surface area (Å²) in [6, 6.07) is 14.9. The van der Waals surface area contributed by atoms with Crippen molar-refractivity contribution in [1.82, 2.24) is 14.9 Å². The molecule has 0 atom stereocenters. The molecule has 0 radical (unpaired) electrons. The maximum Gasteiger partial charge on any atom is 0.254 e. The van der Waals surface area contributed by atoms with Crippen LogP contribution < -0.4 is 0 Å². The van der Waals surface area contributed by atoms with Gasteiger partial charge >= 0.3 is 0 Å². The molecule has 0 saturated carbocycles. The summed E-state index contributed by atoms with van der Waals surface area (Å²) in [4.78, 5) is 24.0. The van der Waals surface area contributed by atoms with Crippen molar-refractivity contribution in [2.45, 2.75) is 33.7 Å². The van der Waals surface area contributed by atoms with Gasteiger partial charge in [0.15, 0.2) is 0 Å². The summed E-state index contributed by atoms with van der Waals surface area (Å²) in [5.74, 6) is -0.0249. The van der Waals surface area contributed by atoms with E-state index in [1.54, 1.807) is 12.1 Å². The lowest BCUT2D eigenvalue weighted by molar-refractivity contribution is 0.0743. The van der Waals surface area contributed by atoms with Gasteiger partial charge in [0, 0.05) is 18.7 Å². The lowest BCUT2D eigenvalue weighted by Crippen LogP contribution is -2.31. The number of aryl methyl sites for hydroxylation is 2. The van der Waals surface area contributed by atoms with Crippen molar-refractivity contribution >= 4 is 16.9 Å². The molecule has 3 rings (SSSR count). The normalized spacial score (nSPS) is 10.6. The van der Waals surface area contributed by atoms with Gasteiger partial charge in [-0.05, 0) is 56.2 Å². The summed E-state index contributed by atoms with van der Waals surface area (Å²) in [6.07, 6.45) is 0.869. The monoisotopic (exact) mass is 358 g/mol. The largest absolute Gasteiger partial charge is 0.334 e. The number of hydrogen-bond donors (Lipinski definition) is 0. The minimum atomic E-state index is -0.0249. The van der Waals surface area contributed by atoms with Crippen molar-refractivity contribution in [1.29, 1.82) is 5.26 Å². The lowest BCUT2D eigenvalue weighted by Gasteiger charge is -2.22. The maximum absolute atomic E-state index is 13.1. The smallest absolute Gasteiger partial charge is 0.254 e. The van der Waals surface area contributed by atoms with E-state index in [4.69, 9.17) is 5.26 Å². The fourth-order valence-corrected chi connectivity index (χ4v) is 2.97. The van der Waals surface area contributed by atoms with Crippen LogP contribution >= 0.6 is 0 Å². The van der Waals surface area contributed by atoms with E-state index in [0.29, 0.717) is 24.2 Å². The number of nitrogens with zero attached hydrogens (tertiary/aromatic N) is 4. The van der Waals surface area contributed by atoms with E-state index in [2.05, 4.69) is 23.0 Å². The van der Waals surface area contributed by atoms with Crippen LogP contribution in [-0.4, -0.2) is 27.3 Å². The number of carbonyl (C=O) groups is 1. The summed E-state index contributed by atoms with van der Waals surface area (Å²) in [6.45, 7) is 7.08. The number of hydrogen-bond acceptors (Lipinski definition) is 4. The van der Waals surface area contributed by atoms with E-state index in [1.807, 2.05) is 49.1 Å². The molecule has 5 heteroatoms. The van der Waals surface area contributed by atoms with Crippen LogP contribution in [-0.2, 0) is 6.54 Å². The van der Waals surface area contributed by atoms with Gasteiger partial charge in [0.1, 0.15) is 0 Å². The highest BCUT2D eigenvalue weighted by Crippen LogP contribution is 2.17. The Morgan fingerprint density at radius 2 is 1.70 bits per heavy atom. The van der Waals surface area contributed by atoms with Crippen LogP contribution in [0.4, 0.5) is 0 Å². The molecular weight excluding hydrogens is 336 g/mol. The molecule has 0 N–H and O–H groups in total. The molecule has 0 aliphatic rings. The zero-order valence-electron chi connectivity index (χ0n) is 15.9. The Hall–Kier alpha value is -3.26. The van der Waals surface area contributed by atoms with Gasteiger partial charge in [0.05, 0.1) is 34.1 Å². The number of rotatable bonds is 5. The molecule has 0 bridgehead atoms. The first-order chi connectivity index (χ1) is 13.0. The molecule has 1 heterocycles. The first kappa shape index (κ1) is 18.5. The van der Waals surface area contributed by atoms with Crippen molar-refractivity contribution in [3.63, 3.8) is 0 Å². The Bertz CT molecular complexity index is 1020.